The van der Waals surface area contributed by atoms with Crippen LogP contribution in [0.2, 0.25) is 0 Å². The highest BCUT2D eigenvalue weighted by molar-refractivity contribution is 5.27. The van der Waals surface area contributed by atoms with Crippen molar-refractivity contribution >= 4 is 0 Å². The summed E-state index contributed by atoms with van der Waals surface area (Å²) < 4.78 is 5.60. The lowest BCUT2D eigenvalue weighted by Crippen LogP contribution is -2.21. The molecule has 1 aromatic rings. The Morgan fingerprint density at radius 2 is 1.94 bits per heavy atom. The first kappa shape index (κ1) is 14.0. The lowest BCUT2D eigenvalue weighted by Gasteiger charge is -2.15. The maximum Gasteiger partial charge on any atom is 0.119 e. The molecular weight excluding hydrogens is 214 g/mol. The van der Waals surface area contributed by atoms with Crippen LogP contribution in [-0.2, 0) is 6.54 Å². The van der Waals surface area contributed by atoms with Gasteiger partial charge in [0.05, 0.1) is 13.2 Å². The highest BCUT2D eigenvalue weighted by Crippen LogP contribution is 2.13. The molecule has 1 rings (SSSR count). The highest BCUT2D eigenvalue weighted by Gasteiger charge is 2.00. The van der Waals surface area contributed by atoms with Gasteiger partial charge in [-0.25, -0.2) is 0 Å². The molecule has 17 heavy (non-hydrogen) atoms. The highest BCUT2D eigenvalue weighted by atomic mass is 16.5. The monoisotopic (exact) mass is 237 g/mol. The van der Waals surface area contributed by atoms with Crippen molar-refractivity contribution in [3.63, 3.8) is 0 Å². The fraction of sp³-hybridized carbons (Fsp3) is 0.571. The van der Waals surface area contributed by atoms with Gasteiger partial charge in [0.1, 0.15) is 5.75 Å². The summed E-state index contributed by atoms with van der Waals surface area (Å²) in [7, 11) is 2.00. The van der Waals surface area contributed by atoms with E-state index in [1.165, 1.54) is 5.56 Å². The lowest BCUT2D eigenvalue weighted by molar-refractivity contribution is 0.217. The predicted molar refractivity (Wildman–Crippen MR) is 70.3 cm³/mol. The Labute approximate surface area is 104 Å². The molecule has 0 radical (unpaired) electrons. The van der Waals surface area contributed by atoms with Gasteiger partial charge in [0.25, 0.3) is 0 Å². The molecule has 0 aliphatic rings. The van der Waals surface area contributed by atoms with Gasteiger partial charge in [0, 0.05) is 13.1 Å². The summed E-state index contributed by atoms with van der Waals surface area (Å²) in [6.45, 7) is 4.71. The second-order valence-corrected chi connectivity index (χ2v) is 4.31. The average Bonchev–Trinajstić information content (AvgIpc) is 2.32. The summed E-state index contributed by atoms with van der Waals surface area (Å²) in [5.41, 5.74) is 1.24. The molecule has 0 aliphatic carbocycles. The first-order chi connectivity index (χ1) is 8.26. The maximum atomic E-state index is 8.82. The van der Waals surface area contributed by atoms with Gasteiger partial charge in [-0.2, -0.15) is 0 Å². The number of likely N-dealkylation sites (N-methyl/N-ethyl adjacent to an activating group) is 1. The number of hydrogen-bond acceptors (Lipinski definition) is 3. The number of benzene rings is 1. The number of nitrogens with zero attached hydrogens (tertiary/aromatic N) is 1. The van der Waals surface area contributed by atoms with Crippen LogP contribution in [0.1, 0.15) is 25.3 Å². The summed E-state index contributed by atoms with van der Waals surface area (Å²) in [5, 5.41) is 8.82. The summed E-state index contributed by atoms with van der Waals surface area (Å²) >= 11 is 0. The van der Waals surface area contributed by atoms with Gasteiger partial charge in [0.15, 0.2) is 0 Å². The van der Waals surface area contributed by atoms with Crippen molar-refractivity contribution in [3.05, 3.63) is 29.8 Å². The first-order valence-electron chi connectivity index (χ1n) is 6.27. The molecule has 0 saturated carbocycles. The zero-order valence-corrected chi connectivity index (χ0v) is 10.9. The van der Waals surface area contributed by atoms with Crippen LogP contribution in [0.3, 0.4) is 0 Å². The van der Waals surface area contributed by atoms with Crippen molar-refractivity contribution in [2.75, 3.05) is 26.8 Å². The molecule has 0 aromatic heterocycles. The van der Waals surface area contributed by atoms with E-state index in [1.807, 2.05) is 19.2 Å². The number of ether oxygens (including phenoxy) is 1. The van der Waals surface area contributed by atoms with E-state index in [4.69, 9.17) is 9.84 Å². The fourth-order valence-electron chi connectivity index (χ4n) is 1.59. The zero-order valence-electron chi connectivity index (χ0n) is 10.9. The van der Waals surface area contributed by atoms with E-state index in [9.17, 15) is 0 Å². The molecule has 0 aliphatic heterocycles. The Kier molecular flexibility index (Phi) is 6.67. The quantitative estimate of drug-likeness (QED) is 0.704. The largest absolute Gasteiger partial charge is 0.494 e. The lowest BCUT2D eigenvalue weighted by atomic mass is 10.2. The number of aliphatic hydroxyl groups is 1. The second kappa shape index (κ2) is 8.09. The average molecular weight is 237 g/mol. The number of unbranched alkanes of at least 4 members (excludes halogenated alkanes) is 1. The molecule has 3 nitrogen and oxygen atoms in total. The Bertz CT molecular complexity index is 298. The molecule has 1 N–H and O–H groups in total. The topological polar surface area (TPSA) is 32.7 Å². The van der Waals surface area contributed by atoms with Gasteiger partial charge >= 0.3 is 0 Å². The molecule has 3 heteroatoms. The minimum Gasteiger partial charge on any atom is -0.494 e. The van der Waals surface area contributed by atoms with Gasteiger partial charge in [-0.3, -0.25) is 4.90 Å². The van der Waals surface area contributed by atoms with Gasteiger partial charge in [-0.05, 0) is 31.2 Å². The van der Waals surface area contributed by atoms with Crippen LogP contribution in [0, 0.1) is 0 Å². The molecule has 0 spiro atoms. The van der Waals surface area contributed by atoms with Crippen molar-refractivity contribution in [2.45, 2.75) is 26.3 Å². The molecule has 0 unspecified atom stereocenters. The van der Waals surface area contributed by atoms with Crippen LogP contribution in [0.5, 0.6) is 5.75 Å². The molecule has 96 valence electrons. The standard InChI is InChI=1S/C14H23NO2/c1-3-4-11-17-14-7-5-13(6-8-14)12-15(2)9-10-16/h5-8,16H,3-4,9-12H2,1-2H3. The van der Waals surface area contributed by atoms with E-state index in [2.05, 4.69) is 24.0 Å². The van der Waals surface area contributed by atoms with Crippen LogP contribution in [0.15, 0.2) is 24.3 Å². The third-order valence-electron chi connectivity index (χ3n) is 2.62. The molecule has 0 atom stereocenters. The van der Waals surface area contributed by atoms with Gasteiger partial charge < -0.3 is 9.84 Å². The van der Waals surface area contributed by atoms with Crippen molar-refractivity contribution < 1.29 is 9.84 Å². The van der Waals surface area contributed by atoms with Crippen molar-refractivity contribution in [1.82, 2.24) is 4.90 Å². The second-order valence-electron chi connectivity index (χ2n) is 4.31. The van der Waals surface area contributed by atoms with E-state index in [0.717, 1.165) is 31.7 Å². The Balaban J connectivity index is 2.39. The zero-order chi connectivity index (χ0) is 12.5. The predicted octanol–water partition coefficient (Wildman–Crippen LogP) is 2.29. The van der Waals surface area contributed by atoms with Crippen molar-refractivity contribution in [1.29, 1.82) is 0 Å². The van der Waals surface area contributed by atoms with Gasteiger partial charge in [-0.1, -0.05) is 25.5 Å². The molecule has 0 saturated heterocycles. The van der Waals surface area contributed by atoms with Crippen LogP contribution < -0.4 is 4.74 Å². The van der Waals surface area contributed by atoms with Crippen molar-refractivity contribution in [3.8, 4) is 5.75 Å². The van der Waals surface area contributed by atoms with E-state index >= 15 is 0 Å². The molecular formula is C14H23NO2. The van der Waals surface area contributed by atoms with Crippen LogP contribution in [-0.4, -0.2) is 36.8 Å². The third kappa shape index (κ3) is 5.71. The molecule has 0 heterocycles. The number of aliphatic hydroxyl groups excluding tert-OH is 1. The Morgan fingerprint density at radius 3 is 2.53 bits per heavy atom. The van der Waals surface area contributed by atoms with Gasteiger partial charge in [-0.15, -0.1) is 0 Å². The van der Waals surface area contributed by atoms with Crippen LogP contribution in [0.25, 0.3) is 0 Å². The summed E-state index contributed by atoms with van der Waals surface area (Å²) in [6.07, 6.45) is 2.25. The molecule has 1 aromatic carbocycles. The molecule has 0 fully saturated rings. The minimum atomic E-state index is 0.203. The van der Waals surface area contributed by atoms with Crippen LogP contribution in [0.4, 0.5) is 0 Å². The number of hydrogen-bond donors (Lipinski definition) is 1. The van der Waals surface area contributed by atoms with Crippen molar-refractivity contribution in [2.24, 2.45) is 0 Å². The summed E-state index contributed by atoms with van der Waals surface area (Å²) in [5.74, 6) is 0.937. The number of rotatable bonds is 8. The maximum absolute atomic E-state index is 8.82. The van der Waals surface area contributed by atoms with E-state index in [1.54, 1.807) is 0 Å². The summed E-state index contributed by atoms with van der Waals surface area (Å²) in [6, 6.07) is 8.18. The van der Waals surface area contributed by atoms with Crippen LogP contribution >= 0.6 is 0 Å². The normalized spacial score (nSPS) is 10.8. The Hall–Kier alpha value is -1.06. The van der Waals surface area contributed by atoms with E-state index in [0.29, 0.717) is 6.54 Å². The van der Waals surface area contributed by atoms with E-state index in [-0.39, 0.29) is 6.61 Å². The van der Waals surface area contributed by atoms with Gasteiger partial charge in [0.2, 0.25) is 0 Å². The first-order valence-corrected chi connectivity index (χ1v) is 6.27. The molecule has 0 amide bonds. The Morgan fingerprint density at radius 1 is 1.24 bits per heavy atom. The van der Waals surface area contributed by atoms with E-state index < -0.39 is 0 Å². The SMILES string of the molecule is CCCCOc1ccc(CN(C)CCO)cc1. The smallest absolute Gasteiger partial charge is 0.119 e. The minimum absolute atomic E-state index is 0.203. The third-order valence-corrected chi connectivity index (χ3v) is 2.62. The summed E-state index contributed by atoms with van der Waals surface area (Å²) in [4.78, 5) is 2.09. The fourth-order valence-corrected chi connectivity index (χ4v) is 1.59. The molecule has 0 bridgehead atoms.